The molecule has 136 valence electrons. The Morgan fingerprint density at radius 3 is 2.67 bits per heavy atom. The molecular weight excluding hydrogens is 367 g/mol. The van der Waals surface area contributed by atoms with Crippen molar-refractivity contribution < 1.29 is 8.91 Å². The molecule has 0 unspecified atom stereocenters. The van der Waals surface area contributed by atoms with Gasteiger partial charge in [-0.1, -0.05) is 29.1 Å². The van der Waals surface area contributed by atoms with Gasteiger partial charge < -0.3 is 4.52 Å². The number of fused-ring (bicyclic) bond motifs is 1. The van der Waals surface area contributed by atoms with Crippen LogP contribution in [0.15, 0.2) is 63.0 Å². The summed E-state index contributed by atoms with van der Waals surface area (Å²) >= 11 is 1.37. The molecule has 0 radical (unpaired) electrons. The highest BCUT2D eigenvalue weighted by Gasteiger charge is 2.13. The summed E-state index contributed by atoms with van der Waals surface area (Å²) in [6, 6.07) is 13.1. The Kier molecular flexibility index (Phi) is 4.72. The molecule has 0 saturated heterocycles. The fourth-order valence-corrected chi connectivity index (χ4v) is 3.59. The van der Waals surface area contributed by atoms with Gasteiger partial charge in [-0.2, -0.15) is 4.98 Å². The third kappa shape index (κ3) is 3.48. The van der Waals surface area contributed by atoms with Crippen molar-refractivity contribution in [2.24, 2.45) is 0 Å². The van der Waals surface area contributed by atoms with Crippen molar-refractivity contribution in [2.45, 2.75) is 24.4 Å². The van der Waals surface area contributed by atoms with Crippen molar-refractivity contribution in [3.05, 3.63) is 70.5 Å². The van der Waals surface area contributed by atoms with E-state index in [4.69, 9.17) is 4.52 Å². The number of hydrogen-bond acceptors (Lipinski definition) is 6. The van der Waals surface area contributed by atoms with Crippen LogP contribution in [0.5, 0.6) is 0 Å². The summed E-state index contributed by atoms with van der Waals surface area (Å²) in [5, 5.41) is 5.16. The summed E-state index contributed by atoms with van der Waals surface area (Å²) in [4.78, 5) is 21.6. The third-order valence-electron chi connectivity index (χ3n) is 4.03. The molecule has 0 aliphatic rings. The second-order valence-electron chi connectivity index (χ2n) is 5.77. The molecule has 0 aliphatic heterocycles. The average molecular weight is 382 g/mol. The first-order valence-electron chi connectivity index (χ1n) is 8.36. The predicted octanol–water partition coefficient (Wildman–Crippen LogP) is 3.90. The first kappa shape index (κ1) is 17.4. The van der Waals surface area contributed by atoms with Crippen molar-refractivity contribution in [1.29, 1.82) is 0 Å². The molecule has 8 heteroatoms. The van der Waals surface area contributed by atoms with Gasteiger partial charge in [-0.3, -0.25) is 9.36 Å². The highest BCUT2D eigenvalue weighted by molar-refractivity contribution is 7.98. The Balaban J connectivity index is 1.59. The maximum absolute atomic E-state index is 13.0. The Hall–Kier alpha value is -3.00. The number of halogens is 1. The lowest BCUT2D eigenvalue weighted by atomic mass is 10.2. The lowest BCUT2D eigenvalue weighted by Crippen LogP contribution is -2.22. The number of thioether (sulfide) groups is 1. The van der Waals surface area contributed by atoms with Gasteiger partial charge in [-0.15, -0.1) is 0 Å². The molecule has 0 aliphatic carbocycles. The zero-order chi connectivity index (χ0) is 18.8. The van der Waals surface area contributed by atoms with Crippen LogP contribution in [0.1, 0.15) is 12.7 Å². The van der Waals surface area contributed by atoms with Crippen LogP contribution in [0, 0.1) is 5.82 Å². The second kappa shape index (κ2) is 7.32. The zero-order valence-electron chi connectivity index (χ0n) is 14.4. The summed E-state index contributed by atoms with van der Waals surface area (Å²) in [5.41, 5.74) is 1.25. The number of benzene rings is 2. The Bertz CT molecular complexity index is 1150. The van der Waals surface area contributed by atoms with Crippen LogP contribution in [0.2, 0.25) is 0 Å². The molecule has 6 nitrogen and oxygen atoms in total. The van der Waals surface area contributed by atoms with E-state index >= 15 is 0 Å². The van der Waals surface area contributed by atoms with Gasteiger partial charge in [-0.25, -0.2) is 9.37 Å². The minimum absolute atomic E-state index is 0.0642. The molecule has 4 rings (SSSR count). The lowest BCUT2D eigenvalue weighted by molar-refractivity contribution is 0.425. The zero-order valence-corrected chi connectivity index (χ0v) is 15.2. The maximum atomic E-state index is 13.0. The monoisotopic (exact) mass is 382 g/mol. The van der Waals surface area contributed by atoms with E-state index in [9.17, 15) is 9.18 Å². The van der Waals surface area contributed by atoms with Crippen molar-refractivity contribution in [3.63, 3.8) is 0 Å². The Morgan fingerprint density at radius 2 is 1.89 bits per heavy atom. The second-order valence-corrected chi connectivity index (χ2v) is 6.71. The molecular formula is C19H15FN4O2S. The number of rotatable bonds is 5. The lowest BCUT2D eigenvalue weighted by Gasteiger charge is -2.10. The number of para-hydroxylation sites is 1. The van der Waals surface area contributed by atoms with E-state index in [2.05, 4.69) is 15.1 Å². The van der Waals surface area contributed by atoms with Gasteiger partial charge in [0.2, 0.25) is 0 Å². The first-order valence-corrected chi connectivity index (χ1v) is 9.35. The van der Waals surface area contributed by atoms with Crippen LogP contribution in [-0.4, -0.2) is 19.7 Å². The fourth-order valence-electron chi connectivity index (χ4n) is 2.69. The van der Waals surface area contributed by atoms with Crippen LogP contribution in [-0.2, 0) is 12.3 Å². The van der Waals surface area contributed by atoms with Crippen LogP contribution in [0.3, 0.4) is 0 Å². The number of nitrogens with zero attached hydrogens (tertiary/aromatic N) is 4. The van der Waals surface area contributed by atoms with E-state index in [-0.39, 0.29) is 11.4 Å². The maximum Gasteiger partial charge on any atom is 0.262 e. The minimum Gasteiger partial charge on any atom is -0.334 e. The molecule has 0 amide bonds. The van der Waals surface area contributed by atoms with Crippen molar-refractivity contribution in [1.82, 2.24) is 19.7 Å². The smallest absolute Gasteiger partial charge is 0.262 e. The van der Waals surface area contributed by atoms with E-state index in [1.807, 2.05) is 25.1 Å². The van der Waals surface area contributed by atoms with Crippen molar-refractivity contribution >= 4 is 22.7 Å². The van der Waals surface area contributed by atoms with Crippen molar-refractivity contribution in [3.8, 4) is 11.5 Å². The molecule has 0 spiro atoms. The van der Waals surface area contributed by atoms with Gasteiger partial charge in [0, 0.05) is 12.1 Å². The predicted molar refractivity (Wildman–Crippen MR) is 101 cm³/mol. The van der Waals surface area contributed by atoms with Crippen LogP contribution >= 0.6 is 11.8 Å². The highest BCUT2D eigenvalue weighted by atomic mass is 32.2. The van der Waals surface area contributed by atoms with Crippen LogP contribution in [0.25, 0.3) is 22.4 Å². The van der Waals surface area contributed by atoms with Gasteiger partial charge in [0.15, 0.2) is 11.0 Å². The summed E-state index contributed by atoms with van der Waals surface area (Å²) in [7, 11) is 0. The first-order chi connectivity index (χ1) is 13.2. The largest absolute Gasteiger partial charge is 0.334 e. The van der Waals surface area contributed by atoms with E-state index in [1.165, 1.54) is 23.9 Å². The standard InChI is InChI=1S/C19H15FN4O2S/c1-2-24-18(25)14-5-3-4-6-15(14)21-19(24)27-11-16-22-17(26-23-16)12-7-9-13(20)10-8-12/h3-10H,2,11H2,1H3. The molecule has 4 aromatic rings. The summed E-state index contributed by atoms with van der Waals surface area (Å²) < 4.78 is 19.9. The van der Waals surface area contributed by atoms with Crippen LogP contribution < -0.4 is 5.56 Å². The van der Waals surface area contributed by atoms with E-state index in [0.717, 1.165) is 0 Å². The van der Waals surface area contributed by atoms with Gasteiger partial charge in [-0.05, 0) is 43.3 Å². The van der Waals surface area contributed by atoms with Gasteiger partial charge in [0.05, 0.1) is 16.7 Å². The quantitative estimate of drug-likeness (QED) is 0.385. The Labute approximate surface area is 158 Å². The molecule has 0 bridgehead atoms. The van der Waals surface area contributed by atoms with Gasteiger partial charge in [0.1, 0.15) is 5.82 Å². The summed E-state index contributed by atoms with van der Waals surface area (Å²) in [6.07, 6.45) is 0. The van der Waals surface area contributed by atoms with E-state index in [1.54, 1.807) is 22.8 Å². The average Bonchev–Trinajstić information content (AvgIpc) is 3.16. The molecule has 2 aromatic carbocycles. The fraction of sp³-hybridized carbons (Fsp3) is 0.158. The summed E-state index contributed by atoms with van der Waals surface area (Å²) in [5.74, 6) is 0.874. The van der Waals surface area contributed by atoms with Crippen LogP contribution in [0.4, 0.5) is 4.39 Å². The third-order valence-corrected chi connectivity index (χ3v) is 5.00. The number of hydrogen-bond donors (Lipinski definition) is 0. The molecule has 0 saturated carbocycles. The van der Waals surface area contributed by atoms with E-state index in [0.29, 0.717) is 45.6 Å². The Morgan fingerprint density at radius 1 is 1.11 bits per heavy atom. The number of aromatic nitrogens is 4. The molecule has 0 N–H and O–H groups in total. The molecule has 2 heterocycles. The minimum atomic E-state index is -0.325. The summed E-state index contributed by atoms with van der Waals surface area (Å²) in [6.45, 7) is 2.43. The SMILES string of the molecule is CCn1c(SCc2noc(-c3ccc(F)cc3)n2)nc2ccccc2c1=O. The normalized spacial score (nSPS) is 11.2. The van der Waals surface area contributed by atoms with Crippen molar-refractivity contribution in [2.75, 3.05) is 0 Å². The van der Waals surface area contributed by atoms with Gasteiger partial charge in [0.25, 0.3) is 11.4 Å². The van der Waals surface area contributed by atoms with Gasteiger partial charge >= 0.3 is 0 Å². The molecule has 2 aromatic heterocycles. The topological polar surface area (TPSA) is 73.8 Å². The molecule has 0 fully saturated rings. The van der Waals surface area contributed by atoms with E-state index < -0.39 is 0 Å². The highest BCUT2D eigenvalue weighted by Crippen LogP contribution is 2.23. The molecule has 0 atom stereocenters. The molecule has 27 heavy (non-hydrogen) atoms.